The van der Waals surface area contributed by atoms with Crippen molar-refractivity contribution in [3.8, 4) is 22.4 Å². The molecule has 3 aromatic carbocycles. The Morgan fingerprint density at radius 3 is 2.62 bits per heavy atom. The van der Waals surface area contributed by atoms with Crippen LogP contribution in [0.4, 0.5) is 0 Å². The van der Waals surface area contributed by atoms with E-state index in [0.717, 1.165) is 28.8 Å². The van der Waals surface area contributed by atoms with Crippen LogP contribution in [0.25, 0.3) is 48.1 Å². The van der Waals surface area contributed by atoms with Gasteiger partial charge < -0.3 is 0 Å². The number of pyridine rings is 1. The van der Waals surface area contributed by atoms with Crippen molar-refractivity contribution in [3.05, 3.63) is 121 Å². The lowest BCUT2D eigenvalue weighted by molar-refractivity contribution is 1.27. The summed E-state index contributed by atoms with van der Waals surface area (Å²) in [7, 11) is 0. The Morgan fingerprint density at radius 1 is 0.781 bits per heavy atom. The summed E-state index contributed by atoms with van der Waals surface area (Å²) in [5, 5.41) is 2.57. The van der Waals surface area contributed by atoms with E-state index in [1.54, 1.807) is 0 Å². The molecule has 0 unspecified atom stereocenters. The molecule has 0 saturated heterocycles. The van der Waals surface area contributed by atoms with Crippen LogP contribution in [0.3, 0.4) is 0 Å². The number of hydrogen-bond acceptors (Lipinski definition) is 2. The highest BCUT2D eigenvalue weighted by Crippen LogP contribution is 2.41. The quantitative estimate of drug-likeness (QED) is 0.261. The van der Waals surface area contributed by atoms with E-state index in [0.29, 0.717) is 0 Å². The van der Waals surface area contributed by atoms with Crippen LogP contribution in [0, 0.1) is 0 Å². The predicted octanol–water partition coefficient (Wildman–Crippen LogP) is 8.47. The lowest BCUT2D eigenvalue weighted by Crippen LogP contribution is -1.95. The summed E-state index contributed by atoms with van der Waals surface area (Å²) in [5.41, 5.74) is 8.15. The van der Waals surface area contributed by atoms with E-state index in [1.165, 1.54) is 36.9 Å². The first-order valence-electron chi connectivity index (χ1n) is 10.8. The zero-order chi connectivity index (χ0) is 21.5. The fourth-order valence-electron chi connectivity index (χ4n) is 4.55. The van der Waals surface area contributed by atoms with E-state index < -0.39 is 0 Å². The number of rotatable bonds is 1. The molecule has 0 bridgehead atoms. The van der Waals surface area contributed by atoms with Crippen molar-refractivity contribution >= 4 is 37.1 Å². The van der Waals surface area contributed by atoms with Gasteiger partial charge in [0.1, 0.15) is 0 Å². The topological polar surface area (TPSA) is 12.9 Å². The van der Waals surface area contributed by atoms with Crippen LogP contribution in [0.1, 0.15) is 11.1 Å². The van der Waals surface area contributed by atoms with Gasteiger partial charge in [-0.25, -0.2) is 0 Å². The standard InChI is InChI=1S/C30H21NS/c1-20-9-3-2-4-10-21-11-5-6-12-24(21)27-19-22(15-16-23(20)27)29-30-26(17-18-31-29)25-13-7-8-14-28(25)32-30/h2-9,11-19H,1,10H2. The van der Waals surface area contributed by atoms with Gasteiger partial charge in [0.2, 0.25) is 0 Å². The molecule has 152 valence electrons. The maximum absolute atomic E-state index is 4.83. The number of benzene rings is 3. The Labute approximate surface area is 191 Å². The van der Waals surface area contributed by atoms with Crippen molar-refractivity contribution in [2.24, 2.45) is 0 Å². The smallest absolute Gasteiger partial charge is 0.0880 e. The van der Waals surface area contributed by atoms with Gasteiger partial charge in [-0.1, -0.05) is 85.5 Å². The molecule has 0 saturated carbocycles. The second-order valence-corrected chi connectivity index (χ2v) is 9.12. The summed E-state index contributed by atoms with van der Waals surface area (Å²) >= 11 is 1.82. The molecule has 2 heteroatoms. The SMILES string of the molecule is C=C1C=CC=CCc2ccccc2-c2cc(-c3nccc4c3sc3ccccc34)ccc21. The minimum Gasteiger partial charge on any atom is -0.255 e. The summed E-state index contributed by atoms with van der Waals surface area (Å²) in [4.78, 5) is 4.83. The third kappa shape index (κ3) is 3.12. The molecule has 0 spiro atoms. The Balaban J connectivity index is 1.62. The third-order valence-corrected chi connectivity index (χ3v) is 7.32. The molecule has 1 aliphatic carbocycles. The molecule has 2 heterocycles. The summed E-state index contributed by atoms with van der Waals surface area (Å²) in [5.74, 6) is 0. The van der Waals surface area contributed by atoms with Gasteiger partial charge in [-0.3, -0.25) is 4.98 Å². The molecule has 1 nitrogen and oxygen atoms in total. The van der Waals surface area contributed by atoms with Gasteiger partial charge in [0.05, 0.1) is 10.4 Å². The highest BCUT2D eigenvalue weighted by Gasteiger charge is 2.16. The van der Waals surface area contributed by atoms with Crippen molar-refractivity contribution in [2.45, 2.75) is 6.42 Å². The zero-order valence-electron chi connectivity index (χ0n) is 17.6. The van der Waals surface area contributed by atoms with Crippen LogP contribution in [-0.4, -0.2) is 4.98 Å². The van der Waals surface area contributed by atoms with Crippen LogP contribution < -0.4 is 0 Å². The van der Waals surface area contributed by atoms with Crippen molar-refractivity contribution in [1.29, 1.82) is 0 Å². The van der Waals surface area contributed by atoms with E-state index in [4.69, 9.17) is 4.98 Å². The molecule has 6 rings (SSSR count). The molecule has 0 atom stereocenters. The van der Waals surface area contributed by atoms with Gasteiger partial charge in [-0.15, -0.1) is 11.3 Å². The zero-order valence-corrected chi connectivity index (χ0v) is 18.4. The van der Waals surface area contributed by atoms with Gasteiger partial charge in [-0.05, 0) is 52.4 Å². The summed E-state index contributed by atoms with van der Waals surface area (Å²) < 4.78 is 2.54. The van der Waals surface area contributed by atoms with E-state index >= 15 is 0 Å². The molecule has 32 heavy (non-hydrogen) atoms. The second-order valence-electron chi connectivity index (χ2n) is 8.07. The monoisotopic (exact) mass is 427 g/mol. The minimum atomic E-state index is 0.904. The van der Waals surface area contributed by atoms with Gasteiger partial charge in [0, 0.05) is 27.2 Å². The average Bonchev–Trinajstić information content (AvgIpc) is 3.22. The molecule has 5 aromatic rings. The maximum Gasteiger partial charge on any atom is 0.0880 e. The fraction of sp³-hybridized carbons (Fsp3) is 0.0333. The average molecular weight is 428 g/mol. The van der Waals surface area contributed by atoms with Crippen molar-refractivity contribution in [2.75, 3.05) is 0 Å². The molecule has 1 aliphatic rings. The minimum absolute atomic E-state index is 0.904. The van der Waals surface area contributed by atoms with Crippen molar-refractivity contribution in [1.82, 2.24) is 4.98 Å². The highest BCUT2D eigenvalue weighted by molar-refractivity contribution is 7.26. The second kappa shape index (κ2) is 7.74. The Bertz CT molecular complexity index is 1560. The molecule has 0 aliphatic heterocycles. The van der Waals surface area contributed by atoms with Crippen LogP contribution in [-0.2, 0) is 6.42 Å². The number of nitrogens with zero attached hydrogens (tertiary/aromatic N) is 1. The van der Waals surface area contributed by atoms with Crippen LogP contribution in [0.5, 0.6) is 0 Å². The molecular formula is C30H21NS. The van der Waals surface area contributed by atoms with E-state index in [9.17, 15) is 0 Å². The Hall–Kier alpha value is -3.75. The van der Waals surface area contributed by atoms with Gasteiger partial charge >= 0.3 is 0 Å². The number of hydrogen-bond donors (Lipinski definition) is 0. The van der Waals surface area contributed by atoms with Gasteiger partial charge in [0.15, 0.2) is 0 Å². The predicted molar refractivity (Wildman–Crippen MR) is 139 cm³/mol. The van der Waals surface area contributed by atoms with Crippen molar-refractivity contribution in [3.63, 3.8) is 0 Å². The molecular weight excluding hydrogens is 406 g/mol. The van der Waals surface area contributed by atoms with Gasteiger partial charge in [0.25, 0.3) is 0 Å². The largest absolute Gasteiger partial charge is 0.255 e. The molecule has 0 N–H and O–H groups in total. The third-order valence-electron chi connectivity index (χ3n) is 6.12. The fourth-order valence-corrected chi connectivity index (χ4v) is 5.76. The Morgan fingerprint density at radius 2 is 1.66 bits per heavy atom. The number of thiophene rings is 1. The molecule has 0 radical (unpaired) electrons. The first-order chi connectivity index (χ1) is 15.8. The summed E-state index contributed by atoms with van der Waals surface area (Å²) in [6, 6.07) is 26.1. The normalized spacial score (nSPS) is 13.3. The van der Waals surface area contributed by atoms with Crippen LogP contribution in [0.15, 0.2) is 110 Å². The van der Waals surface area contributed by atoms with E-state index in [2.05, 4.69) is 104 Å². The van der Waals surface area contributed by atoms with E-state index in [1.807, 2.05) is 17.5 Å². The Kier molecular flexibility index (Phi) is 4.59. The number of allylic oxidation sites excluding steroid dienone is 5. The number of aromatic nitrogens is 1. The van der Waals surface area contributed by atoms with E-state index in [-0.39, 0.29) is 0 Å². The lowest BCUT2D eigenvalue weighted by Gasteiger charge is -2.16. The lowest BCUT2D eigenvalue weighted by atomic mass is 9.88. The first-order valence-corrected chi connectivity index (χ1v) is 11.6. The van der Waals surface area contributed by atoms with Crippen molar-refractivity contribution < 1.29 is 0 Å². The number of fused-ring (bicyclic) bond motifs is 6. The van der Waals surface area contributed by atoms with Crippen LogP contribution >= 0.6 is 11.3 Å². The highest BCUT2D eigenvalue weighted by atomic mass is 32.1. The maximum atomic E-state index is 4.83. The molecule has 0 amide bonds. The van der Waals surface area contributed by atoms with Gasteiger partial charge in [-0.2, -0.15) is 0 Å². The summed E-state index contributed by atoms with van der Waals surface area (Å²) in [6.07, 6.45) is 11.3. The molecule has 0 fully saturated rings. The first kappa shape index (κ1) is 19.0. The van der Waals surface area contributed by atoms with Crippen LogP contribution in [0.2, 0.25) is 0 Å². The molecule has 2 aromatic heterocycles. The summed E-state index contributed by atoms with van der Waals surface area (Å²) in [6.45, 7) is 4.35.